The molecular weight excluding hydrogens is 436 g/mol. The van der Waals surface area contributed by atoms with Crippen LogP contribution in [0.15, 0.2) is 78.9 Å². The van der Waals surface area contributed by atoms with Crippen LogP contribution in [0.25, 0.3) is 0 Å². The molecule has 6 nitrogen and oxygen atoms in total. The lowest BCUT2D eigenvalue weighted by Gasteiger charge is -2.34. The summed E-state index contributed by atoms with van der Waals surface area (Å²) >= 11 is 0. The Morgan fingerprint density at radius 3 is 2.39 bits per heavy atom. The number of fused-ring (bicyclic) bond motifs is 1. The van der Waals surface area contributed by atoms with Gasteiger partial charge in [-0.15, -0.1) is 0 Å². The van der Waals surface area contributed by atoms with Gasteiger partial charge in [0.15, 0.2) is 6.10 Å². The highest BCUT2D eigenvalue weighted by Gasteiger charge is 2.36. The summed E-state index contributed by atoms with van der Waals surface area (Å²) in [6, 6.07) is 23.6. The Bertz CT molecular complexity index is 1190. The third-order valence-electron chi connectivity index (χ3n) is 5.60. The molecule has 1 heterocycles. The van der Waals surface area contributed by atoms with E-state index in [1.807, 2.05) is 42.5 Å². The number of nitrogens with one attached hydrogen (secondary N) is 1. The summed E-state index contributed by atoms with van der Waals surface area (Å²) in [5, 5.41) is 2.86. The molecule has 1 aliphatic rings. The number of nitrogens with zero attached hydrogens (tertiary/aromatic N) is 1. The number of aryl methyl sites for hydroxylation is 1. The molecule has 0 aliphatic carbocycles. The molecule has 0 saturated heterocycles. The highest BCUT2D eigenvalue weighted by atomic mass is 32.2. The lowest BCUT2D eigenvalue weighted by Crippen LogP contribution is -2.49. The van der Waals surface area contributed by atoms with Gasteiger partial charge in [0.25, 0.3) is 5.91 Å². The first kappa shape index (κ1) is 22.9. The number of carbonyl (C=O) groups is 1. The Labute approximate surface area is 195 Å². The standard InChI is InChI=1S/C26H28N2O4S/c1-2-3-9-20-14-16-22(17-15-20)27-26(29)25-18-28(23-12-7-8-13-24(23)32-25)33(30,31)19-21-10-5-4-6-11-21/h4-8,10-17,25H,2-3,9,18-19H2,1H3,(H,27,29)/t25-/m1/s1. The maximum Gasteiger partial charge on any atom is 0.267 e. The predicted molar refractivity (Wildman–Crippen MR) is 131 cm³/mol. The zero-order chi connectivity index (χ0) is 23.3. The van der Waals surface area contributed by atoms with Gasteiger partial charge in [0.05, 0.1) is 18.0 Å². The summed E-state index contributed by atoms with van der Waals surface area (Å²) in [5.41, 5.74) is 3.00. The van der Waals surface area contributed by atoms with Gasteiger partial charge in [-0.25, -0.2) is 8.42 Å². The van der Waals surface area contributed by atoms with Crippen molar-refractivity contribution in [2.24, 2.45) is 0 Å². The summed E-state index contributed by atoms with van der Waals surface area (Å²) in [6.07, 6.45) is 2.28. The minimum atomic E-state index is -3.73. The largest absolute Gasteiger partial charge is 0.476 e. The first-order chi connectivity index (χ1) is 16.0. The molecule has 0 radical (unpaired) electrons. The summed E-state index contributed by atoms with van der Waals surface area (Å²) < 4.78 is 33.8. The van der Waals surface area contributed by atoms with Gasteiger partial charge in [0.2, 0.25) is 10.0 Å². The van der Waals surface area contributed by atoms with Crippen LogP contribution in [0.3, 0.4) is 0 Å². The molecule has 0 spiro atoms. The number of carbonyl (C=O) groups excluding carboxylic acids is 1. The number of sulfonamides is 1. The molecule has 1 aliphatic heterocycles. The quantitative estimate of drug-likeness (QED) is 0.521. The second-order valence-electron chi connectivity index (χ2n) is 8.14. The van der Waals surface area contributed by atoms with Crippen LogP contribution < -0.4 is 14.4 Å². The maximum absolute atomic E-state index is 13.3. The molecule has 1 atom stereocenters. The van der Waals surface area contributed by atoms with E-state index in [0.29, 0.717) is 22.7 Å². The van der Waals surface area contributed by atoms with Crippen LogP contribution in [-0.2, 0) is 27.0 Å². The number of hydrogen-bond acceptors (Lipinski definition) is 4. The van der Waals surface area contributed by atoms with Gasteiger partial charge >= 0.3 is 0 Å². The average molecular weight is 465 g/mol. The van der Waals surface area contributed by atoms with Crippen molar-refractivity contribution in [3.63, 3.8) is 0 Å². The molecule has 0 bridgehead atoms. The van der Waals surface area contributed by atoms with Crippen molar-refractivity contribution in [2.45, 2.75) is 38.0 Å². The third-order valence-corrected chi connectivity index (χ3v) is 7.31. The molecule has 0 aromatic heterocycles. The molecule has 0 saturated carbocycles. The fourth-order valence-electron chi connectivity index (χ4n) is 3.82. The average Bonchev–Trinajstić information content (AvgIpc) is 2.83. The van der Waals surface area contributed by atoms with Gasteiger partial charge in [0.1, 0.15) is 5.75 Å². The summed E-state index contributed by atoms with van der Waals surface area (Å²) in [6.45, 7) is 2.06. The Hall–Kier alpha value is -3.32. The van der Waals surface area contributed by atoms with Crippen LogP contribution in [-0.4, -0.2) is 27.0 Å². The van der Waals surface area contributed by atoms with Crippen LogP contribution in [0.1, 0.15) is 30.9 Å². The fraction of sp³-hybridized carbons (Fsp3) is 0.269. The van der Waals surface area contributed by atoms with E-state index in [4.69, 9.17) is 4.74 Å². The van der Waals surface area contributed by atoms with Crippen LogP contribution in [0.5, 0.6) is 5.75 Å². The molecule has 172 valence electrons. The van der Waals surface area contributed by atoms with E-state index in [1.54, 1.807) is 36.4 Å². The van der Waals surface area contributed by atoms with Crippen molar-refractivity contribution in [2.75, 3.05) is 16.2 Å². The molecule has 33 heavy (non-hydrogen) atoms. The minimum absolute atomic E-state index is 0.0907. The lowest BCUT2D eigenvalue weighted by molar-refractivity contribution is -0.122. The number of anilines is 2. The SMILES string of the molecule is CCCCc1ccc(NC(=O)[C@H]2CN(S(=O)(=O)Cc3ccccc3)c3ccccc3O2)cc1. The van der Waals surface area contributed by atoms with Gasteiger partial charge < -0.3 is 10.1 Å². The van der Waals surface area contributed by atoms with Crippen LogP contribution in [0, 0.1) is 0 Å². The van der Waals surface area contributed by atoms with E-state index >= 15 is 0 Å². The van der Waals surface area contributed by atoms with E-state index in [9.17, 15) is 13.2 Å². The molecule has 0 fully saturated rings. The molecule has 1 amide bonds. The van der Waals surface area contributed by atoms with Gasteiger partial charge in [0, 0.05) is 5.69 Å². The second kappa shape index (κ2) is 10.1. The van der Waals surface area contributed by atoms with Gasteiger partial charge in [-0.3, -0.25) is 9.10 Å². The van der Waals surface area contributed by atoms with Crippen molar-refractivity contribution in [1.82, 2.24) is 0 Å². The Balaban J connectivity index is 1.52. The Kier molecular flexibility index (Phi) is 6.99. The first-order valence-electron chi connectivity index (χ1n) is 11.2. The number of benzene rings is 3. The van der Waals surface area contributed by atoms with Crippen molar-refractivity contribution in [3.05, 3.63) is 90.0 Å². The van der Waals surface area contributed by atoms with Crippen LogP contribution in [0.4, 0.5) is 11.4 Å². The number of ether oxygens (including phenoxy) is 1. The molecule has 1 N–H and O–H groups in total. The molecule has 7 heteroatoms. The van der Waals surface area contributed by atoms with Gasteiger partial charge in [-0.1, -0.05) is 67.9 Å². The van der Waals surface area contributed by atoms with Gasteiger partial charge in [-0.05, 0) is 48.2 Å². The summed E-state index contributed by atoms with van der Waals surface area (Å²) in [5.74, 6) is -0.170. The highest BCUT2D eigenvalue weighted by molar-refractivity contribution is 7.92. The molecule has 4 rings (SSSR count). The number of para-hydroxylation sites is 2. The van der Waals surface area contributed by atoms with Crippen LogP contribution in [0.2, 0.25) is 0 Å². The smallest absolute Gasteiger partial charge is 0.267 e. The summed E-state index contributed by atoms with van der Waals surface area (Å²) in [4.78, 5) is 13.0. The van der Waals surface area contributed by atoms with E-state index in [2.05, 4.69) is 12.2 Å². The molecule has 3 aromatic carbocycles. The van der Waals surface area contributed by atoms with Gasteiger partial charge in [-0.2, -0.15) is 0 Å². The third kappa shape index (κ3) is 5.54. The first-order valence-corrected chi connectivity index (χ1v) is 12.8. The number of hydrogen-bond donors (Lipinski definition) is 1. The monoisotopic (exact) mass is 464 g/mol. The van der Waals surface area contributed by atoms with E-state index in [0.717, 1.165) is 19.3 Å². The zero-order valence-electron chi connectivity index (χ0n) is 18.6. The van der Waals surface area contributed by atoms with Crippen molar-refractivity contribution >= 4 is 27.3 Å². The van der Waals surface area contributed by atoms with E-state index < -0.39 is 16.1 Å². The predicted octanol–water partition coefficient (Wildman–Crippen LogP) is 4.77. The molecule has 0 unspecified atom stereocenters. The van der Waals surface area contributed by atoms with E-state index in [-0.39, 0.29) is 18.2 Å². The Morgan fingerprint density at radius 2 is 1.67 bits per heavy atom. The molecular formula is C26H28N2O4S. The van der Waals surface area contributed by atoms with Crippen LogP contribution >= 0.6 is 0 Å². The number of rotatable bonds is 8. The Morgan fingerprint density at radius 1 is 0.970 bits per heavy atom. The van der Waals surface area contributed by atoms with Crippen molar-refractivity contribution in [3.8, 4) is 5.75 Å². The summed E-state index contributed by atoms with van der Waals surface area (Å²) in [7, 11) is -3.73. The van der Waals surface area contributed by atoms with Crippen molar-refractivity contribution in [1.29, 1.82) is 0 Å². The molecule has 3 aromatic rings. The zero-order valence-corrected chi connectivity index (χ0v) is 19.4. The normalized spacial score (nSPS) is 15.4. The minimum Gasteiger partial charge on any atom is -0.476 e. The topological polar surface area (TPSA) is 75.7 Å². The maximum atomic E-state index is 13.3. The second-order valence-corrected chi connectivity index (χ2v) is 10.0. The lowest BCUT2D eigenvalue weighted by atomic mass is 10.1. The van der Waals surface area contributed by atoms with Crippen molar-refractivity contribution < 1.29 is 17.9 Å². The van der Waals surface area contributed by atoms with E-state index in [1.165, 1.54) is 9.87 Å². The number of amides is 1. The number of unbranched alkanes of at least 4 members (excludes halogenated alkanes) is 1. The highest BCUT2D eigenvalue weighted by Crippen LogP contribution is 2.36. The fourth-order valence-corrected chi connectivity index (χ4v) is 5.41.